The summed E-state index contributed by atoms with van der Waals surface area (Å²) in [4.78, 5) is 45.5. The lowest BCUT2D eigenvalue weighted by molar-refractivity contribution is -0.884. The third-order valence-electron chi connectivity index (χ3n) is 8.97. The van der Waals surface area contributed by atoms with E-state index in [1.807, 2.05) is 34.1 Å². The van der Waals surface area contributed by atoms with Crippen molar-refractivity contribution in [2.45, 2.75) is 51.1 Å². The first kappa shape index (κ1) is 32.6. The minimum Gasteiger partial charge on any atom is -0.493 e. The molecule has 2 amide bonds. The lowest BCUT2D eigenvalue weighted by Crippen LogP contribution is -2.49. The zero-order valence-corrected chi connectivity index (χ0v) is 27.2. The Morgan fingerprint density at radius 1 is 1.16 bits per heavy atom. The van der Waals surface area contributed by atoms with Gasteiger partial charge in [0, 0.05) is 55.8 Å². The molecule has 45 heavy (non-hydrogen) atoms. The molecule has 2 fully saturated rings. The molecule has 3 aliphatic rings. The van der Waals surface area contributed by atoms with Gasteiger partial charge in [-0.3, -0.25) is 19.3 Å². The van der Waals surface area contributed by atoms with Crippen LogP contribution in [0.1, 0.15) is 49.7 Å². The number of unbranched alkanes of at least 4 members (excludes halogenated alkanes) is 1. The summed E-state index contributed by atoms with van der Waals surface area (Å²) in [5.74, 6) is -0.853. The van der Waals surface area contributed by atoms with Gasteiger partial charge in [-0.05, 0) is 42.7 Å². The Morgan fingerprint density at radius 3 is 2.62 bits per heavy atom. The molecule has 0 aliphatic carbocycles. The Morgan fingerprint density at radius 2 is 1.96 bits per heavy atom. The summed E-state index contributed by atoms with van der Waals surface area (Å²) in [6.45, 7) is 4.77. The highest BCUT2D eigenvalue weighted by Gasteiger charge is 2.49. The minimum atomic E-state index is -0.959. The summed E-state index contributed by atoms with van der Waals surface area (Å²) in [6.07, 6.45) is 2.98. The van der Waals surface area contributed by atoms with Crippen molar-refractivity contribution in [3.63, 3.8) is 0 Å². The summed E-state index contributed by atoms with van der Waals surface area (Å²) in [5, 5.41) is 10.6. The lowest BCUT2D eigenvalue weighted by atomic mass is 9.84. The van der Waals surface area contributed by atoms with E-state index in [0.717, 1.165) is 47.1 Å². The van der Waals surface area contributed by atoms with Crippen LogP contribution < -0.4 is 19.1 Å². The molecular formula is C34H47N4O7+. The summed E-state index contributed by atoms with van der Waals surface area (Å²) in [6, 6.07) is 11.2. The summed E-state index contributed by atoms with van der Waals surface area (Å²) >= 11 is 0. The fraction of sp³-hybridized carbons (Fsp3) is 0.559. The van der Waals surface area contributed by atoms with Gasteiger partial charge in [0.2, 0.25) is 24.4 Å². The predicted molar refractivity (Wildman–Crippen MR) is 170 cm³/mol. The van der Waals surface area contributed by atoms with Crippen LogP contribution in [0.25, 0.3) is 0 Å². The molecule has 0 unspecified atom stereocenters. The predicted octanol–water partition coefficient (Wildman–Crippen LogP) is 3.55. The van der Waals surface area contributed by atoms with E-state index in [9.17, 15) is 19.5 Å². The monoisotopic (exact) mass is 623 g/mol. The van der Waals surface area contributed by atoms with Gasteiger partial charge in [0.25, 0.3) is 0 Å². The number of carbonyl (C=O) groups is 3. The van der Waals surface area contributed by atoms with Crippen LogP contribution in [0.3, 0.4) is 0 Å². The Kier molecular flexibility index (Phi) is 9.88. The van der Waals surface area contributed by atoms with Gasteiger partial charge in [-0.25, -0.2) is 0 Å². The fourth-order valence-corrected chi connectivity index (χ4v) is 6.89. The average Bonchev–Trinajstić information content (AvgIpc) is 3.71. The van der Waals surface area contributed by atoms with E-state index in [0.29, 0.717) is 43.3 Å². The summed E-state index contributed by atoms with van der Waals surface area (Å²) in [7, 11) is 7.94. The van der Waals surface area contributed by atoms with E-state index in [1.165, 1.54) is 7.11 Å². The Balaban J connectivity index is 1.47. The van der Waals surface area contributed by atoms with E-state index in [4.69, 9.17) is 14.2 Å². The van der Waals surface area contributed by atoms with Crippen molar-refractivity contribution in [3.8, 4) is 17.2 Å². The molecule has 3 atom stereocenters. The Hall–Kier alpha value is -3.83. The largest absolute Gasteiger partial charge is 0.493 e. The van der Waals surface area contributed by atoms with Crippen molar-refractivity contribution in [1.82, 2.24) is 9.80 Å². The maximum absolute atomic E-state index is 14.2. The fourth-order valence-electron chi connectivity index (χ4n) is 6.89. The molecule has 11 heteroatoms. The molecule has 3 aliphatic heterocycles. The number of hydrogen-bond donors (Lipinski definition) is 1. The van der Waals surface area contributed by atoms with E-state index in [-0.39, 0.29) is 31.7 Å². The maximum Gasteiger partial charge on any atom is 0.308 e. The minimum absolute atomic E-state index is 0.0252. The van der Waals surface area contributed by atoms with Crippen LogP contribution in [0.4, 0.5) is 5.69 Å². The molecule has 1 N–H and O–H groups in total. The van der Waals surface area contributed by atoms with Crippen molar-refractivity contribution in [3.05, 3.63) is 47.5 Å². The highest BCUT2D eigenvalue weighted by atomic mass is 16.7. The second kappa shape index (κ2) is 13.7. The van der Waals surface area contributed by atoms with Crippen LogP contribution in [0.15, 0.2) is 36.4 Å². The number of anilines is 1. The number of fused-ring (bicyclic) bond motifs is 1. The number of methoxy groups -OCH3 is 1. The van der Waals surface area contributed by atoms with Crippen LogP contribution in [0.5, 0.6) is 17.2 Å². The van der Waals surface area contributed by atoms with Crippen molar-refractivity contribution >= 4 is 23.5 Å². The molecule has 2 aromatic rings. The second-order valence-electron chi connectivity index (χ2n) is 13.4. The van der Waals surface area contributed by atoms with Crippen molar-refractivity contribution in [2.75, 3.05) is 72.7 Å². The number of nitrogens with zero attached hydrogens (tertiary/aromatic N) is 4. The quantitative estimate of drug-likeness (QED) is 0.338. The van der Waals surface area contributed by atoms with Gasteiger partial charge < -0.3 is 33.6 Å². The highest BCUT2D eigenvalue weighted by molar-refractivity contribution is 5.95. The second-order valence-corrected chi connectivity index (χ2v) is 13.4. The van der Waals surface area contributed by atoms with Crippen molar-refractivity contribution in [2.24, 2.45) is 5.92 Å². The highest BCUT2D eigenvalue weighted by Crippen LogP contribution is 2.47. The Labute approximate surface area is 265 Å². The molecular weight excluding hydrogens is 576 g/mol. The van der Waals surface area contributed by atoms with E-state index in [2.05, 4.69) is 40.2 Å². The number of benzene rings is 2. The number of hydrogen-bond acceptors (Lipinski definition) is 7. The van der Waals surface area contributed by atoms with E-state index < -0.39 is 23.8 Å². The zero-order valence-electron chi connectivity index (χ0n) is 27.2. The normalized spacial score (nSPS) is 21.4. The van der Waals surface area contributed by atoms with E-state index in [1.54, 1.807) is 4.90 Å². The van der Waals surface area contributed by atoms with Crippen LogP contribution in [-0.2, 0) is 20.9 Å². The molecule has 244 valence electrons. The molecule has 2 saturated heterocycles. The molecule has 0 spiro atoms. The van der Waals surface area contributed by atoms with Gasteiger partial charge in [-0.2, -0.15) is 0 Å². The number of aliphatic carboxylic acids is 1. The Bertz CT molecular complexity index is 1410. The van der Waals surface area contributed by atoms with Gasteiger partial charge >= 0.3 is 5.97 Å². The zero-order chi connectivity index (χ0) is 32.3. The van der Waals surface area contributed by atoms with Gasteiger partial charge in [-0.15, -0.1) is 0 Å². The smallest absolute Gasteiger partial charge is 0.308 e. The number of carboxylic acid groups (broad SMARTS) is 1. The van der Waals surface area contributed by atoms with Crippen LogP contribution >= 0.6 is 0 Å². The first-order chi connectivity index (χ1) is 21.5. The van der Waals surface area contributed by atoms with Gasteiger partial charge in [0.05, 0.1) is 40.7 Å². The number of ether oxygens (including phenoxy) is 3. The van der Waals surface area contributed by atoms with Gasteiger partial charge in [-0.1, -0.05) is 25.5 Å². The first-order valence-electron chi connectivity index (χ1n) is 15.9. The summed E-state index contributed by atoms with van der Waals surface area (Å²) < 4.78 is 17.6. The van der Waals surface area contributed by atoms with Crippen LogP contribution in [0.2, 0.25) is 0 Å². The molecule has 0 bridgehead atoms. The molecule has 0 radical (unpaired) electrons. The molecule has 2 aromatic carbocycles. The molecule has 0 aromatic heterocycles. The van der Waals surface area contributed by atoms with Crippen LogP contribution in [0, 0.1) is 5.92 Å². The first-order valence-corrected chi connectivity index (χ1v) is 15.9. The van der Waals surface area contributed by atoms with Crippen molar-refractivity contribution in [1.29, 1.82) is 0 Å². The average molecular weight is 624 g/mol. The third kappa shape index (κ3) is 7.36. The van der Waals surface area contributed by atoms with Crippen LogP contribution in [-0.4, -0.2) is 111 Å². The SMILES string of the molecule is CCCCN(C(=O)CN1C[C@H](c2cc(OC)c3c(c2)OCO3)[C@@H](C(=O)O)[C@@H]1CN1CCCC1=O)c1cccc(C[N+](C)(C)C)c1. The topological polar surface area (TPSA) is 109 Å². The van der Waals surface area contributed by atoms with Crippen molar-refractivity contribution < 1.29 is 38.2 Å². The molecule has 0 saturated carbocycles. The van der Waals surface area contributed by atoms with Gasteiger partial charge in [0.1, 0.15) is 6.54 Å². The summed E-state index contributed by atoms with van der Waals surface area (Å²) in [5.41, 5.74) is 2.73. The third-order valence-corrected chi connectivity index (χ3v) is 8.97. The number of quaternary nitrogens is 1. The molecule has 11 nitrogen and oxygen atoms in total. The number of rotatable bonds is 13. The van der Waals surface area contributed by atoms with Gasteiger partial charge in [0.15, 0.2) is 11.5 Å². The standard InChI is InChI=1S/C34H46N4O7/c1-6-7-14-37(25-11-8-10-23(15-25)21-38(2,3)4)31(40)20-36-18-26(24-16-28(43-5)33-29(17-24)44-22-45-33)32(34(41)42)27(36)19-35-13-9-12-30(35)39/h8,10-11,15-17,26-27,32H,6-7,9,12-14,18-22H2,1-5H3/p+1/t26-,27+,32-/m1/s1. The van der Waals surface area contributed by atoms with E-state index >= 15 is 0 Å². The number of amides is 2. The lowest BCUT2D eigenvalue weighted by Gasteiger charge is -2.32. The number of carboxylic acids is 1. The number of carbonyl (C=O) groups excluding carboxylic acids is 2. The molecule has 5 rings (SSSR count). The number of likely N-dealkylation sites (tertiary alicyclic amines) is 2. The maximum atomic E-state index is 14.2. The molecule has 3 heterocycles.